The predicted octanol–water partition coefficient (Wildman–Crippen LogP) is 0.465. The number of aromatic carboxylic acids is 1. The monoisotopic (exact) mass is 282 g/mol. The Balaban J connectivity index is 2.70. The molecule has 0 saturated heterocycles. The molecule has 0 aromatic carbocycles. The van der Waals surface area contributed by atoms with Gasteiger partial charge in [0, 0.05) is 26.7 Å². The van der Waals surface area contributed by atoms with E-state index in [1.54, 1.807) is 18.9 Å². The highest BCUT2D eigenvalue weighted by Gasteiger charge is 2.20. The summed E-state index contributed by atoms with van der Waals surface area (Å²) >= 11 is 0. The van der Waals surface area contributed by atoms with E-state index in [4.69, 9.17) is 5.11 Å². The van der Waals surface area contributed by atoms with Crippen LogP contribution in [-0.4, -0.2) is 50.8 Å². The average molecular weight is 282 g/mol. The largest absolute Gasteiger partial charge is 0.478 e. The third-order valence-corrected chi connectivity index (χ3v) is 3.31. The molecule has 1 aromatic heterocycles. The Morgan fingerprint density at radius 1 is 1.45 bits per heavy atom. The molecule has 7 nitrogen and oxygen atoms in total. The molecular formula is C13H22N4O3. The minimum atomic E-state index is -1.02. The van der Waals surface area contributed by atoms with Gasteiger partial charge in [-0.1, -0.05) is 0 Å². The Labute approximate surface area is 118 Å². The van der Waals surface area contributed by atoms with Crippen molar-refractivity contribution < 1.29 is 14.7 Å². The lowest BCUT2D eigenvalue weighted by Gasteiger charge is -2.23. The zero-order valence-corrected chi connectivity index (χ0v) is 12.4. The fraction of sp³-hybridized carbons (Fsp3) is 0.615. The van der Waals surface area contributed by atoms with Crippen molar-refractivity contribution >= 4 is 11.9 Å². The number of nitrogens with one attached hydrogen (secondary N) is 1. The normalized spacial score (nSPS) is 12.2. The fourth-order valence-corrected chi connectivity index (χ4v) is 2.00. The minimum absolute atomic E-state index is 0.00837. The molecule has 0 bridgehead atoms. The van der Waals surface area contributed by atoms with Crippen LogP contribution in [-0.2, 0) is 18.4 Å². The summed E-state index contributed by atoms with van der Waals surface area (Å²) in [6, 6.07) is -0.369. The van der Waals surface area contributed by atoms with E-state index in [1.807, 2.05) is 13.8 Å². The molecular weight excluding hydrogens is 260 g/mol. The number of aryl methyl sites for hydroxylation is 1. The van der Waals surface area contributed by atoms with Crippen LogP contribution >= 0.6 is 0 Å². The number of carbonyl (C=O) groups is 2. The average Bonchev–Trinajstić information content (AvgIpc) is 2.78. The summed E-state index contributed by atoms with van der Waals surface area (Å²) in [5.74, 6) is -1.01. The van der Waals surface area contributed by atoms with Gasteiger partial charge in [-0.05, 0) is 20.8 Å². The number of nitrogens with zero attached hydrogens (tertiary/aromatic N) is 3. The summed E-state index contributed by atoms with van der Waals surface area (Å²) in [4.78, 5) is 24.9. The van der Waals surface area contributed by atoms with E-state index in [2.05, 4.69) is 10.4 Å². The zero-order valence-electron chi connectivity index (χ0n) is 12.4. The van der Waals surface area contributed by atoms with Crippen molar-refractivity contribution in [1.82, 2.24) is 20.0 Å². The van der Waals surface area contributed by atoms with Crippen LogP contribution in [0.4, 0.5) is 0 Å². The molecule has 1 aromatic rings. The molecule has 0 aliphatic rings. The predicted molar refractivity (Wildman–Crippen MR) is 74.4 cm³/mol. The minimum Gasteiger partial charge on any atom is -0.478 e. The maximum atomic E-state index is 12.1. The summed E-state index contributed by atoms with van der Waals surface area (Å²) in [5.41, 5.74) is 0.708. The van der Waals surface area contributed by atoms with Gasteiger partial charge in [0.25, 0.3) is 0 Å². The molecule has 0 radical (unpaired) electrons. The summed E-state index contributed by atoms with van der Waals surface area (Å²) in [5, 5.41) is 16.0. The van der Waals surface area contributed by atoms with E-state index in [9.17, 15) is 9.59 Å². The standard InChI is InChI=1S/C13H22N4O3/c1-5-17(6-2)12(18)9(3)14-8-11-10(13(19)20)7-15-16(11)4/h7,9,14H,5-6,8H2,1-4H3,(H,19,20). The first-order valence-electron chi connectivity index (χ1n) is 6.68. The Morgan fingerprint density at radius 3 is 2.55 bits per heavy atom. The molecule has 1 rings (SSSR count). The number of likely N-dealkylation sites (N-methyl/N-ethyl adjacent to an activating group) is 1. The summed E-state index contributed by atoms with van der Waals surface area (Å²) in [6.07, 6.45) is 1.32. The van der Waals surface area contributed by atoms with Gasteiger partial charge in [0.2, 0.25) is 5.91 Å². The van der Waals surface area contributed by atoms with Gasteiger partial charge < -0.3 is 15.3 Å². The van der Waals surface area contributed by atoms with Crippen molar-refractivity contribution in [3.8, 4) is 0 Å². The Bertz CT molecular complexity index is 480. The SMILES string of the molecule is CCN(CC)C(=O)C(C)NCc1c(C(=O)O)cnn1C. The molecule has 0 fully saturated rings. The van der Waals surface area contributed by atoms with E-state index in [0.717, 1.165) is 0 Å². The number of carbonyl (C=O) groups excluding carboxylic acids is 1. The zero-order chi connectivity index (χ0) is 15.3. The van der Waals surface area contributed by atoms with Crippen molar-refractivity contribution in [2.24, 2.45) is 7.05 Å². The van der Waals surface area contributed by atoms with Crippen molar-refractivity contribution in [2.45, 2.75) is 33.4 Å². The van der Waals surface area contributed by atoms with Crippen molar-refractivity contribution in [3.05, 3.63) is 17.5 Å². The van der Waals surface area contributed by atoms with Gasteiger partial charge in [-0.2, -0.15) is 5.10 Å². The first-order chi connectivity index (χ1) is 9.42. The lowest BCUT2D eigenvalue weighted by molar-refractivity contribution is -0.132. The highest BCUT2D eigenvalue weighted by atomic mass is 16.4. The maximum absolute atomic E-state index is 12.1. The highest BCUT2D eigenvalue weighted by Crippen LogP contribution is 2.08. The number of hydrogen-bond donors (Lipinski definition) is 2. The molecule has 7 heteroatoms. The van der Waals surface area contributed by atoms with Crippen molar-refractivity contribution in [3.63, 3.8) is 0 Å². The third kappa shape index (κ3) is 3.57. The first-order valence-corrected chi connectivity index (χ1v) is 6.68. The maximum Gasteiger partial charge on any atom is 0.339 e. The summed E-state index contributed by atoms with van der Waals surface area (Å²) in [7, 11) is 1.68. The van der Waals surface area contributed by atoms with E-state index < -0.39 is 5.97 Å². The smallest absolute Gasteiger partial charge is 0.339 e. The van der Waals surface area contributed by atoms with Gasteiger partial charge in [-0.3, -0.25) is 9.48 Å². The molecule has 0 aliphatic carbocycles. The lowest BCUT2D eigenvalue weighted by Crippen LogP contribution is -2.44. The van der Waals surface area contributed by atoms with Crippen molar-refractivity contribution in [2.75, 3.05) is 13.1 Å². The fourth-order valence-electron chi connectivity index (χ4n) is 2.00. The van der Waals surface area contributed by atoms with Gasteiger partial charge >= 0.3 is 5.97 Å². The van der Waals surface area contributed by atoms with Crippen molar-refractivity contribution in [1.29, 1.82) is 0 Å². The number of amides is 1. The number of carboxylic acids is 1. The van der Waals surface area contributed by atoms with Gasteiger partial charge in [-0.25, -0.2) is 4.79 Å². The van der Waals surface area contributed by atoms with E-state index in [1.165, 1.54) is 10.9 Å². The Kier molecular flexibility index (Phi) is 5.69. The van der Waals surface area contributed by atoms with Crippen LogP contribution in [0.25, 0.3) is 0 Å². The number of hydrogen-bond acceptors (Lipinski definition) is 4. The molecule has 20 heavy (non-hydrogen) atoms. The van der Waals surface area contributed by atoms with Crippen LogP contribution in [0.2, 0.25) is 0 Å². The van der Waals surface area contributed by atoms with Crippen LogP contribution in [0.1, 0.15) is 36.8 Å². The molecule has 1 heterocycles. The van der Waals surface area contributed by atoms with Crippen LogP contribution in [0.15, 0.2) is 6.20 Å². The molecule has 1 atom stereocenters. The van der Waals surface area contributed by atoms with Crippen LogP contribution < -0.4 is 5.32 Å². The van der Waals surface area contributed by atoms with E-state index in [-0.39, 0.29) is 24.1 Å². The molecule has 112 valence electrons. The molecule has 0 saturated carbocycles. The Hall–Kier alpha value is -1.89. The van der Waals surface area contributed by atoms with Crippen LogP contribution in [0.5, 0.6) is 0 Å². The van der Waals surface area contributed by atoms with Gasteiger partial charge in [0.15, 0.2) is 0 Å². The second-order valence-electron chi connectivity index (χ2n) is 4.55. The van der Waals surface area contributed by atoms with E-state index >= 15 is 0 Å². The second-order valence-corrected chi connectivity index (χ2v) is 4.55. The molecule has 2 N–H and O–H groups in total. The molecule has 0 aliphatic heterocycles. The molecule has 0 spiro atoms. The number of aromatic nitrogens is 2. The number of rotatable bonds is 7. The highest BCUT2D eigenvalue weighted by molar-refractivity contribution is 5.88. The second kappa shape index (κ2) is 7.04. The quantitative estimate of drug-likeness (QED) is 0.759. The van der Waals surface area contributed by atoms with Gasteiger partial charge in [-0.15, -0.1) is 0 Å². The molecule has 1 unspecified atom stereocenters. The first kappa shape index (κ1) is 16.2. The lowest BCUT2D eigenvalue weighted by atomic mass is 10.2. The molecule has 1 amide bonds. The van der Waals surface area contributed by atoms with E-state index in [0.29, 0.717) is 18.8 Å². The summed E-state index contributed by atoms with van der Waals surface area (Å²) < 4.78 is 1.51. The van der Waals surface area contributed by atoms with Crippen LogP contribution in [0.3, 0.4) is 0 Å². The van der Waals surface area contributed by atoms with Crippen LogP contribution in [0, 0.1) is 0 Å². The van der Waals surface area contributed by atoms with Gasteiger partial charge in [0.1, 0.15) is 5.56 Å². The third-order valence-electron chi connectivity index (χ3n) is 3.31. The Morgan fingerprint density at radius 2 is 2.05 bits per heavy atom. The topological polar surface area (TPSA) is 87.5 Å². The number of carboxylic acid groups (broad SMARTS) is 1. The summed E-state index contributed by atoms with van der Waals surface area (Å²) in [6.45, 7) is 7.24. The van der Waals surface area contributed by atoms with Gasteiger partial charge in [0.05, 0.1) is 17.9 Å².